The second-order valence-corrected chi connectivity index (χ2v) is 5.22. The average molecular weight is 355 g/mol. The van der Waals surface area contributed by atoms with E-state index in [4.69, 9.17) is 10.5 Å². The lowest BCUT2D eigenvalue weighted by Crippen LogP contribution is -2.21. The van der Waals surface area contributed by atoms with Crippen LogP contribution in [0.3, 0.4) is 0 Å². The lowest BCUT2D eigenvalue weighted by Gasteiger charge is -2.09. The predicted octanol–water partition coefficient (Wildman–Crippen LogP) is 0.717. The third-order valence-electron chi connectivity index (χ3n) is 3.55. The van der Waals surface area contributed by atoms with Crippen molar-refractivity contribution < 1.29 is 14.3 Å². The molecule has 4 N–H and O–H groups in total. The summed E-state index contributed by atoms with van der Waals surface area (Å²) in [5.41, 5.74) is 6.78. The van der Waals surface area contributed by atoms with Crippen LogP contribution in [-0.2, 0) is 0 Å². The summed E-state index contributed by atoms with van der Waals surface area (Å²) < 4.78 is 6.59. The molecule has 3 rings (SSSR count). The van der Waals surface area contributed by atoms with E-state index in [1.165, 1.54) is 17.8 Å². The maximum atomic E-state index is 12.5. The van der Waals surface area contributed by atoms with Gasteiger partial charge in [0.1, 0.15) is 11.3 Å². The summed E-state index contributed by atoms with van der Waals surface area (Å²) in [6, 6.07) is 6.92. The molecular formula is C16H17N7O3. The van der Waals surface area contributed by atoms with Crippen molar-refractivity contribution in [3.05, 3.63) is 41.7 Å². The highest BCUT2D eigenvalue weighted by molar-refractivity contribution is 6.06. The van der Waals surface area contributed by atoms with E-state index >= 15 is 0 Å². The Labute approximate surface area is 148 Å². The number of nitrogens with zero attached hydrogens (tertiary/aromatic N) is 4. The van der Waals surface area contributed by atoms with Crippen molar-refractivity contribution in [1.29, 1.82) is 0 Å². The van der Waals surface area contributed by atoms with Gasteiger partial charge in [0, 0.05) is 18.8 Å². The van der Waals surface area contributed by atoms with Gasteiger partial charge in [0.05, 0.1) is 12.8 Å². The second kappa shape index (κ2) is 7.05. The fraction of sp³-hybridized carbons (Fsp3) is 0.188. The zero-order chi connectivity index (χ0) is 18.7. The van der Waals surface area contributed by atoms with Crippen LogP contribution in [0.2, 0.25) is 0 Å². The summed E-state index contributed by atoms with van der Waals surface area (Å²) in [5, 5.41) is 16.9. The number of nitrogen functional groups attached to an aromatic ring is 1. The SMILES string of the molecule is CCOc1cccc(NC(=O)c2nnc3c(C(=O)NC)cnn3c2N)c1. The number of ether oxygens (including phenoxy) is 1. The predicted molar refractivity (Wildman–Crippen MR) is 94.1 cm³/mol. The molecule has 26 heavy (non-hydrogen) atoms. The number of fused-ring (bicyclic) bond motifs is 1. The highest BCUT2D eigenvalue weighted by Crippen LogP contribution is 2.19. The molecule has 0 aliphatic heterocycles. The lowest BCUT2D eigenvalue weighted by molar-refractivity contribution is 0.0963. The van der Waals surface area contributed by atoms with Crippen molar-refractivity contribution in [2.45, 2.75) is 6.92 Å². The van der Waals surface area contributed by atoms with Crippen LogP contribution in [0.25, 0.3) is 5.65 Å². The first-order valence-electron chi connectivity index (χ1n) is 7.81. The van der Waals surface area contributed by atoms with Crippen LogP contribution in [0, 0.1) is 0 Å². The van der Waals surface area contributed by atoms with E-state index in [1.54, 1.807) is 24.3 Å². The van der Waals surface area contributed by atoms with E-state index in [9.17, 15) is 9.59 Å². The normalized spacial score (nSPS) is 10.5. The van der Waals surface area contributed by atoms with Crippen molar-refractivity contribution in [2.24, 2.45) is 0 Å². The van der Waals surface area contributed by atoms with Gasteiger partial charge in [-0.15, -0.1) is 10.2 Å². The van der Waals surface area contributed by atoms with Crippen LogP contribution < -0.4 is 21.1 Å². The number of nitrogens with two attached hydrogens (primary N) is 1. The number of anilines is 2. The number of hydrogen-bond donors (Lipinski definition) is 3. The van der Waals surface area contributed by atoms with Gasteiger partial charge < -0.3 is 21.1 Å². The summed E-state index contributed by atoms with van der Waals surface area (Å²) in [6.07, 6.45) is 1.31. The van der Waals surface area contributed by atoms with Gasteiger partial charge in [-0.3, -0.25) is 9.59 Å². The number of carbonyl (C=O) groups excluding carboxylic acids is 2. The van der Waals surface area contributed by atoms with Crippen molar-refractivity contribution >= 4 is 29.0 Å². The molecule has 0 radical (unpaired) electrons. The second-order valence-electron chi connectivity index (χ2n) is 5.22. The molecule has 1 aromatic carbocycles. The zero-order valence-corrected chi connectivity index (χ0v) is 14.2. The van der Waals surface area contributed by atoms with E-state index in [2.05, 4.69) is 25.9 Å². The Morgan fingerprint density at radius 2 is 2.08 bits per heavy atom. The molecule has 3 aromatic rings. The van der Waals surface area contributed by atoms with Gasteiger partial charge in [-0.2, -0.15) is 9.61 Å². The van der Waals surface area contributed by atoms with E-state index in [-0.39, 0.29) is 28.6 Å². The summed E-state index contributed by atoms with van der Waals surface area (Å²) in [6.45, 7) is 2.38. The van der Waals surface area contributed by atoms with Crippen molar-refractivity contribution in [1.82, 2.24) is 25.1 Å². The maximum absolute atomic E-state index is 12.5. The van der Waals surface area contributed by atoms with Gasteiger partial charge in [-0.25, -0.2) is 0 Å². The smallest absolute Gasteiger partial charge is 0.280 e. The number of carbonyl (C=O) groups is 2. The van der Waals surface area contributed by atoms with Crippen molar-refractivity contribution in [2.75, 3.05) is 24.7 Å². The Kier molecular flexibility index (Phi) is 4.65. The van der Waals surface area contributed by atoms with Crippen LogP contribution in [0.15, 0.2) is 30.5 Å². The Balaban J connectivity index is 1.90. The summed E-state index contributed by atoms with van der Waals surface area (Å²) in [4.78, 5) is 24.3. The maximum Gasteiger partial charge on any atom is 0.280 e. The van der Waals surface area contributed by atoms with E-state index in [1.807, 2.05) is 6.92 Å². The fourth-order valence-corrected chi connectivity index (χ4v) is 2.34. The molecule has 0 bridgehead atoms. The average Bonchev–Trinajstić information content (AvgIpc) is 3.07. The molecule has 0 saturated heterocycles. The Bertz CT molecular complexity index is 983. The number of hydrogen-bond acceptors (Lipinski definition) is 7. The van der Waals surface area contributed by atoms with Crippen molar-refractivity contribution in [3.63, 3.8) is 0 Å². The molecule has 2 heterocycles. The van der Waals surface area contributed by atoms with E-state index in [0.29, 0.717) is 18.0 Å². The number of benzene rings is 1. The number of aromatic nitrogens is 4. The largest absolute Gasteiger partial charge is 0.494 e. The van der Waals surface area contributed by atoms with Gasteiger partial charge in [-0.05, 0) is 19.1 Å². The third kappa shape index (κ3) is 3.11. The topological polar surface area (TPSA) is 137 Å². The molecular weight excluding hydrogens is 338 g/mol. The van der Waals surface area contributed by atoms with Gasteiger partial charge in [0.25, 0.3) is 11.8 Å². The molecule has 0 spiro atoms. The number of rotatable bonds is 5. The first-order chi connectivity index (χ1) is 12.5. The standard InChI is InChI=1S/C16H17N7O3/c1-3-26-10-6-4-5-9(7-10)20-16(25)12-13(17)23-14(22-21-12)11(8-19-23)15(24)18-2/h4-8H,3,17H2,1-2H3,(H,18,24)(H,20,25). The summed E-state index contributed by atoms with van der Waals surface area (Å²) in [5.74, 6) is -0.327. The third-order valence-corrected chi connectivity index (χ3v) is 3.55. The van der Waals surface area contributed by atoms with Crippen LogP contribution >= 0.6 is 0 Å². The number of amides is 2. The van der Waals surface area contributed by atoms with Gasteiger partial charge in [0.2, 0.25) is 0 Å². The Morgan fingerprint density at radius 3 is 2.81 bits per heavy atom. The molecule has 0 saturated carbocycles. The first kappa shape index (κ1) is 17.1. The molecule has 2 amide bonds. The van der Waals surface area contributed by atoms with Crippen LogP contribution in [0.4, 0.5) is 11.5 Å². The Hall–Kier alpha value is -3.69. The van der Waals surface area contributed by atoms with E-state index < -0.39 is 5.91 Å². The molecule has 0 aliphatic carbocycles. The molecule has 10 heteroatoms. The highest BCUT2D eigenvalue weighted by Gasteiger charge is 2.20. The van der Waals surface area contributed by atoms with Gasteiger partial charge in [0.15, 0.2) is 17.2 Å². The minimum absolute atomic E-state index is 0.0244. The van der Waals surface area contributed by atoms with Crippen molar-refractivity contribution in [3.8, 4) is 5.75 Å². The molecule has 134 valence electrons. The molecule has 10 nitrogen and oxygen atoms in total. The molecule has 0 fully saturated rings. The molecule has 0 unspecified atom stereocenters. The first-order valence-corrected chi connectivity index (χ1v) is 7.81. The van der Waals surface area contributed by atoms with Gasteiger partial charge in [-0.1, -0.05) is 6.07 Å². The van der Waals surface area contributed by atoms with Gasteiger partial charge >= 0.3 is 0 Å². The minimum atomic E-state index is -0.553. The summed E-state index contributed by atoms with van der Waals surface area (Å²) in [7, 11) is 1.49. The van der Waals surface area contributed by atoms with Crippen LogP contribution in [0.5, 0.6) is 5.75 Å². The zero-order valence-electron chi connectivity index (χ0n) is 14.2. The molecule has 2 aromatic heterocycles. The quantitative estimate of drug-likeness (QED) is 0.613. The van der Waals surface area contributed by atoms with Crippen LogP contribution in [-0.4, -0.2) is 45.3 Å². The molecule has 0 aliphatic rings. The Morgan fingerprint density at radius 1 is 1.27 bits per heavy atom. The highest BCUT2D eigenvalue weighted by atomic mass is 16.5. The lowest BCUT2D eigenvalue weighted by atomic mass is 10.3. The van der Waals surface area contributed by atoms with E-state index in [0.717, 1.165) is 0 Å². The monoisotopic (exact) mass is 355 g/mol. The number of nitrogens with one attached hydrogen (secondary N) is 2. The molecule has 0 atom stereocenters. The minimum Gasteiger partial charge on any atom is -0.494 e. The van der Waals surface area contributed by atoms with Crippen LogP contribution in [0.1, 0.15) is 27.8 Å². The summed E-state index contributed by atoms with van der Waals surface area (Å²) >= 11 is 0. The fourth-order valence-electron chi connectivity index (χ4n) is 2.34.